The molecule has 1 aliphatic rings. The Balaban J connectivity index is 1.97. The number of aromatic nitrogens is 2. The van der Waals surface area contributed by atoms with Gasteiger partial charge in [-0.25, -0.2) is 9.07 Å². The van der Waals surface area contributed by atoms with Crippen molar-refractivity contribution in [3.05, 3.63) is 47.0 Å². The summed E-state index contributed by atoms with van der Waals surface area (Å²) in [6.45, 7) is 1.80. The van der Waals surface area contributed by atoms with Gasteiger partial charge < -0.3 is 5.32 Å². The Kier molecular flexibility index (Phi) is 4.61. The Morgan fingerprint density at radius 3 is 2.79 bits per heavy atom. The molecule has 0 bridgehead atoms. The van der Waals surface area contributed by atoms with Crippen LogP contribution in [0.1, 0.15) is 47.9 Å². The molecule has 1 unspecified atom stereocenters. The van der Waals surface area contributed by atoms with Crippen LogP contribution in [0, 0.1) is 17.1 Å². The molecule has 5 nitrogen and oxygen atoms in total. The van der Waals surface area contributed by atoms with Gasteiger partial charge in [0, 0.05) is 17.3 Å². The number of amides is 1. The van der Waals surface area contributed by atoms with Crippen molar-refractivity contribution in [1.29, 1.82) is 5.26 Å². The first-order valence-electron chi connectivity index (χ1n) is 8.14. The number of fused-ring (bicyclic) bond motifs is 1. The third kappa shape index (κ3) is 3.16. The number of hydrogen-bond acceptors (Lipinski definition) is 3. The van der Waals surface area contributed by atoms with Gasteiger partial charge in [0.15, 0.2) is 5.69 Å². The summed E-state index contributed by atoms with van der Waals surface area (Å²) in [5.41, 5.74) is 3.15. The Morgan fingerprint density at radius 2 is 2.08 bits per heavy atom. The zero-order valence-corrected chi connectivity index (χ0v) is 13.6. The van der Waals surface area contributed by atoms with Crippen LogP contribution in [-0.4, -0.2) is 21.7 Å². The Bertz CT molecular complexity index is 789. The number of hydrogen-bond donors (Lipinski definition) is 1. The molecule has 0 fully saturated rings. The average molecular weight is 326 g/mol. The van der Waals surface area contributed by atoms with E-state index >= 15 is 0 Å². The van der Waals surface area contributed by atoms with Crippen LogP contribution in [0.2, 0.25) is 0 Å². The number of nitriles is 1. The smallest absolute Gasteiger partial charge is 0.272 e. The van der Waals surface area contributed by atoms with Crippen molar-refractivity contribution in [2.45, 2.75) is 45.1 Å². The monoisotopic (exact) mass is 326 g/mol. The molecule has 1 aromatic carbocycles. The molecule has 0 saturated heterocycles. The number of rotatable bonds is 4. The van der Waals surface area contributed by atoms with Gasteiger partial charge in [0.2, 0.25) is 0 Å². The van der Waals surface area contributed by atoms with E-state index in [1.807, 2.05) is 6.07 Å². The molecule has 0 saturated carbocycles. The van der Waals surface area contributed by atoms with Crippen molar-refractivity contribution < 1.29 is 9.18 Å². The summed E-state index contributed by atoms with van der Waals surface area (Å²) in [6, 6.07) is 7.93. The van der Waals surface area contributed by atoms with Gasteiger partial charge in [-0.3, -0.25) is 4.79 Å². The molecule has 1 amide bonds. The van der Waals surface area contributed by atoms with Crippen molar-refractivity contribution in [3.63, 3.8) is 0 Å². The minimum atomic E-state index is -0.303. The van der Waals surface area contributed by atoms with E-state index in [0.717, 1.165) is 42.6 Å². The number of carbonyl (C=O) groups excluding carboxylic acids is 1. The molecule has 0 radical (unpaired) electrons. The maximum absolute atomic E-state index is 13.2. The lowest BCUT2D eigenvalue weighted by Gasteiger charge is -2.14. The third-order valence-electron chi connectivity index (χ3n) is 4.24. The Morgan fingerprint density at radius 1 is 1.38 bits per heavy atom. The number of nitrogens with zero attached hydrogens (tertiary/aromatic N) is 3. The number of carbonyl (C=O) groups is 1. The quantitative estimate of drug-likeness (QED) is 0.939. The number of benzene rings is 1. The van der Waals surface area contributed by atoms with E-state index in [-0.39, 0.29) is 24.2 Å². The van der Waals surface area contributed by atoms with Crippen molar-refractivity contribution in [3.8, 4) is 11.8 Å². The zero-order chi connectivity index (χ0) is 17.1. The SMILES string of the molecule is CC(CC#N)NC(=O)c1nn(-c2ccc(F)cc2)c2c1CCCC2. The molecule has 3 rings (SSSR count). The van der Waals surface area contributed by atoms with Crippen LogP contribution in [0.5, 0.6) is 0 Å². The largest absolute Gasteiger partial charge is 0.347 e. The van der Waals surface area contributed by atoms with Crippen LogP contribution < -0.4 is 5.32 Å². The van der Waals surface area contributed by atoms with Gasteiger partial charge in [0.1, 0.15) is 5.82 Å². The zero-order valence-electron chi connectivity index (χ0n) is 13.6. The van der Waals surface area contributed by atoms with Gasteiger partial charge >= 0.3 is 0 Å². The topological polar surface area (TPSA) is 70.7 Å². The van der Waals surface area contributed by atoms with Crippen LogP contribution in [-0.2, 0) is 12.8 Å². The van der Waals surface area contributed by atoms with Crippen molar-refractivity contribution in [1.82, 2.24) is 15.1 Å². The second kappa shape index (κ2) is 6.83. The molecule has 124 valence electrons. The summed E-state index contributed by atoms with van der Waals surface area (Å²) in [7, 11) is 0. The van der Waals surface area contributed by atoms with Crippen LogP contribution >= 0.6 is 0 Å². The van der Waals surface area contributed by atoms with Crippen molar-refractivity contribution in [2.75, 3.05) is 0 Å². The highest BCUT2D eigenvalue weighted by Gasteiger charge is 2.26. The van der Waals surface area contributed by atoms with Gasteiger partial charge in [-0.05, 0) is 56.9 Å². The summed E-state index contributed by atoms with van der Waals surface area (Å²) in [4.78, 5) is 12.5. The molecular weight excluding hydrogens is 307 g/mol. The van der Waals surface area contributed by atoms with Gasteiger partial charge in [-0.2, -0.15) is 10.4 Å². The predicted octanol–water partition coefficient (Wildman–Crippen LogP) is 2.92. The van der Waals surface area contributed by atoms with E-state index in [0.29, 0.717) is 5.69 Å². The summed E-state index contributed by atoms with van der Waals surface area (Å²) in [6.07, 6.45) is 3.99. The summed E-state index contributed by atoms with van der Waals surface area (Å²) in [5.74, 6) is -0.556. The molecule has 1 N–H and O–H groups in total. The highest BCUT2D eigenvalue weighted by atomic mass is 19.1. The maximum atomic E-state index is 13.2. The summed E-state index contributed by atoms with van der Waals surface area (Å²) in [5, 5.41) is 16.1. The van der Waals surface area contributed by atoms with Crippen LogP contribution in [0.3, 0.4) is 0 Å². The summed E-state index contributed by atoms with van der Waals surface area (Å²) >= 11 is 0. The predicted molar refractivity (Wildman–Crippen MR) is 87.3 cm³/mol. The molecule has 1 aromatic heterocycles. The van der Waals surface area contributed by atoms with E-state index in [1.165, 1.54) is 12.1 Å². The van der Waals surface area contributed by atoms with E-state index in [1.54, 1.807) is 23.7 Å². The molecule has 6 heteroatoms. The molecular formula is C18H19FN4O. The Hall–Kier alpha value is -2.68. The van der Waals surface area contributed by atoms with E-state index in [4.69, 9.17) is 5.26 Å². The molecule has 24 heavy (non-hydrogen) atoms. The van der Waals surface area contributed by atoms with Crippen molar-refractivity contribution >= 4 is 5.91 Å². The van der Waals surface area contributed by atoms with Gasteiger partial charge in [-0.15, -0.1) is 0 Å². The van der Waals surface area contributed by atoms with E-state index in [2.05, 4.69) is 10.4 Å². The first kappa shape index (κ1) is 16.2. The Labute approximate surface area is 140 Å². The lowest BCUT2D eigenvalue weighted by Crippen LogP contribution is -2.33. The minimum Gasteiger partial charge on any atom is -0.347 e. The maximum Gasteiger partial charge on any atom is 0.272 e. The minimum absolute atomic E-state index is 0.224. The lowest BCUT2D eigenvalue weighted by molar-refractivity contribution is 0.0934. The second-order valence-electron chi connectivity index (χ2n) is 6.11. The fourth-order valence-corrected chi connectivity index (χ4v) is 3.06. The normalized spacial score (nSPS) is 14.5. The third-order valence-corrected chi connectivity index (χ3v) is 4.24. The molecule has 1 atom stereocenters. The van der Waals surface area contributed by atoms with Gasteiger partial charge in [0.05, 0.1) is 18.2 Å². The lowest BCUT2D eigenvalue weighted by atomic mass is 9.95. The van der Waals surface area contributed by atoms with Crippen molar-refractivity contribution in [2.24, 2.45) is 0 Å². The van der Waals surface area contributed by atoms with Gasteiger partial charge in [-0.1, -0.05) is 0 Å². The molecule has 1 aliphatic carbocycles. The highest BCUT2D eigenvalue weighted by molar-refractivity contribution is 5.94. The standard InChI is InChI=1S/C18H19FN4O/c1-12(10-11-20)21-18(24)17-15-4-2-3-5-16(15)23(22-17)14-8-6-13(19)7-9-14/h6-9,12H,2-5,10H2,1H3,(H,21,24). The highest BCUT2D eigenvalue weighted by Crippen LogP contribution is 2.27. The van der Waals surface area contributed by atoms with Crippen LogP contribution in [0.25, 0.3) is 5.69 Å². The molecule has 0 spiro atoms. The average Bonchev–Trinajstić information content (AvgIpc) is 2.95. The fraction of sp³-hybridized carbons (Fsp3) is 0.389. The number of nitrogens with one attached hydrogen (secondary N) is 1. The molecule has 0 aliphatic heterocycles. The van der Waals surface area contributed by atoms with Crippen LogP contribution in [0.15, 0.2) is 24.3 Å². The second-order valence-corrected chi connectivity index (χ2v) is 6.11. The molecule has 1 heterocycles. The first-order chi connectivity index (χ1) is 11.6. The number of halogens is 1. The molecule has 2 aromatic rings. The van der Waals surface area contributed by atoms with E-state index < -0.39 is 0 Å². The first-order valence-corrected chi connectivity index (χ1v) is 8.14. The summed E-state index contributed by atoms with van der Waals surface area (Å²) < 4.78 is 14.9. The van der Waals surface area contributed by atoms with Gasteiger partial charge in [0.25, 0.3) is 5.91 Å². The fourth-order valence-electron chi connectivity index (χ4n) is 3.06. The van der Waals surface area contributed by atoms with E-state index in [9.17, 15) is 9.18 Å². The van der Waals surface area contributed by atoms with Crippen LogP contribution in [0.4, 0.5) is 4.39 Å².